The van der Waals surface area contributed by atoms with Gasteiger partial charge >= 0.3 is 0 Å². The van der Waals surface area contributed by atoms with Gasteiger partial charge in [0.25, 0.3) is 0 Å². The first-order valence-electron chi connectivity index (χ1n) is 5.96. The Morgan fingerprint density at radius 3 is 2.67 bits per heavy atom. The lowest BCUT2D eigenvalue weighted by molar-refractivity contribution is 0.229. The summed E-state index contributed by atoms with van der Waals surface area (Å²) in [5.74, 6) is 1.46. The summed E-state index contributed by atoms with van der Waals surface area (Å²) in [5, 5.41) is 9.17. The van der Waals surface area contributed by atoms with Crippen LogP contribution in [0.2, 0.25) is 0 Å². The van der Waals surface area contributed by atoms with Crippen molar-refractivity contribution in [3.8, 4) is 11.5 Å². The van der Waals surface area contributed by atoms with Gasteiger partial charge in [-0.25, -0.2) is 0 Å². The van der Waals surface area contributed by atoms with Crippen LogP contribution in [0.3, 0.4) is 0 Å². The number of rotatable bonds is 7. The molecule has 0 aromatic heterocycles. The molecule has 0 saturated carbocycles. The van der Waals surface area contributed by atoms with E-state index in [4.69, 9.17) is 15.2 Å². The average Bonchev–Trinajstić information content (AvgIpc) is 2.38. The maximum absolute atomic E-state index is 9.17. The number of aliphatic hydroxyl groups is 1. The minimum atomic E-state index is 0.0690. The van der Waals surface area contributed by atoms with E-state index in [-0.39, 0.29) is 12.5 Å². The largest absolute Gasteiger partial charge is 0.493 e. The van der Waals surface area contributed by atoms with Gasteiger partial charge in [-0.15, -0.1) is 0 Å². The molecule has 0 aliphatic rings. The van der Waals surface area contributed by atoms with Gasteiger partial charge in [-0.05, 0) is 59.4 Å². The highest BCUT2D eigenvalue weighted by Gasteiger charge is 2.13. The van der Waals surface area contributed by atoms with Crippen molar-refractivity contribution in [2.75, 3.05) is 26.9 Å². The average molecular weight is 318 g/mol. The highest BCUT2D eigenvalue weighted by molar-refractivity contribution is 9.10. The van der Waals surface area contributed by atoms with Crippen molar-refractivity contribution in [2.45, 2.75) is 13.3 Å². The fraction of sp³-hybridized carbons (Fsp3) is 0.538. The Hall–Kier alpha value is -0.780. The zero-order valence-corrected chi connectivity index (χ0v) is 12.4. The Kier molecular flexibility index (Phi) is 6.46. The third kappa shape index (κ3) is 3.86. The summed E-state index contributed by atoms with van der Waals surface area (Å²) in [4.78, 5) is 0. The van der Waals surface area contributed by atoms with Crippen molar-refractivity contribution in [1.29, 1.82) is 0 Å². The second-order valence-electron chi connectivity index (χ2n) is 4.03. The van der Waals surface area contributed by atoms with Gasteiger partial charge in [0.15, 0.2) is 11.5 Å². The van der Waals surface area contributed by atoms with Gasteiger partial charge in [-0.2, -0.15) is 0 Å². The van der Waals surface area contributed by atoms with Crippen LogP contribution in [-0.4, -0.2) is 32.0 Å². The molecule has 0 aliphatic heterocycles. The van der Waals surface area contributed by atoms with E-state index in [1.165, 1.54) is 0 Å². The second-order valence-corrected chi connectivity index (χ2v) is 4.88. The summed E-state index contributed by atoms with van der Waals surface area (Å²) in [6.07, 6.45) is 0.717. The summed E-state index contributed by atoms with van der Waals surface area (Å²) >= 11 is 3.47. The normalized spacial score (nSPS) is 12.3. The summed E-state index contributed by atoms with van der Waals surface area (Å²) in [5.41, 5.74) is 6.65. The Labute approximate surface area is 116 Å². The van der Waals surface area contributed by atoms with Gasteiger partial charge in [0.05, 0.1) is 18.2 Å². The van der Waals surface area contributed by atoms with E-state index in [9.17, 15) is 5.11 Å². The molecular formula is C13H20BrNO3. The van der Waals surface area contributed by atoms with Crippen LogP contribution in [0.5, 0.6) is 11.5 Å². The first kappa shape index (κ1) is 15.3. The second kappa shape index (κ2) is 7.61. The predicted molar refractivity (Wildman–Crippen MR) is 75.2 cm³/mol. The number of hydrogen-bond acceptors (Lipinski definition) is 4. The van der Waals surface area contributed by atoms with Crippen molar-refractivity contribution in [2.24, 2.45) is 11.7 Å². The number of halogens is 1. The number of ether oxygens (including phenoxy) is 2. The van der Waals surface area contributed by atoms with Crippen LogP contribution >= 0.6 is 15.9 Å². The van der Waals surface area contributed by atoms with Gasteiger partial charge in [0.2, 0.25) is 0 Å². The summed E-state index contributed by atoms with van der Waals surface area (Å²) < 4.78 is 11.7. The molecule has 0 amide bonds. The Bertz CT molecular complexity index is 381. The molecule has 102 valence electrons. The van der Waals surface area contributed by atoms with Crippen LogP contribution in [0, 0.1) is 5.92 Å². The standard InChI is InChI=1S/C13H20BrNO3/c1-3-18-13-11(14)5-9(6-12(13)17-2)4-10(7-15)8-16/h5-6,10,16H,3-4,7-8,15H2,1-2H3. The molecule has 3 N–H and O–H groups in total. The highest BCUT2D eigenvalue weighted by Crippen LogP contribution is 2.37. The SMILES string of the molecule is CCOc1c(Br)cc(CC(CN)CO)cc1OC. The van der Waals surface area contributed by atoms with Crippen LogP contribution in [-0.2, 0) is 6.42 Å². The maximum atomic E-state index is 9.17. The van der Waals surface area contributed by atoms with Crippen LogP contribution in [0.4, 0.5) is 0 Å². The molecule has 0 saturated heterocycles. The first-order chi connectivity index (χ1) is 8.65. The zero-order valence-electron chi connectivity index (χ0n) is 10.8. The smallest absolute Gasteiger partial charge is 0.175 e. The van der Waals surface area contributed by atoms with E-state index in [0.29, 0.717) is 31.1 Å². The minimum Gasteiger partial charge on any atom is -0.493 e. The minimum absolute atomic E-state index is 0.0690. The fourth-order valence-corrected chi connectivity index (χ4v) is 2.34. The van der Waals surface area contributed by atoms with E-state index >= 15 is 0 Å². The molecule has 0 aliphatic carbocycles. The van der Waals surface area contributed by atoms with E-state index in [1.54, 1.807) is 7.11 Å². The molecule has 1 aromatic carbocycles. The number of nitrogens with two attached hydrogens (primary N) is 1. The van der Waals surface area contributed by atoms with E-state index < -0.39 is 0 Å². The number of aliphatic hydroxyl groups excluding tert-OH is 1. The quantitative estimate of drug-likeness (QED) is 0.807. The molecule has 0 heterocycles. The molecule has 0 spiro atoms. The molecule has 1 atom stereocenters. The molecule has 0 radical (unpaired) electrons. The molecule has 1 aromatic rings. The van der Waals surface area contributed by atoms with Crippen molar-refractivity contribution in [1.82, 2.24) is 0 Å². The number of methoxy groups -OCH3 is 1. The molecular weight excluding hydrogens is 298 g/mol. The maximum Gasteiger partial charge on any atom is 0.175 e. The predicted octanol–water partition coefficient (Wildman–Crippen LogP) is 1.97. The van der Waals surface area contributed by atoms with Gasteiger partial charge in [-0.3, -0.25) is 0 Å². The Morgan fingerprint density at radius 1 is 1.44 bits per heavy atom. The molecule has 1 rings (SSSR count). The molecule has 5 heteroatoms. The fourth-order valence-electron chi connectivity index (χ4n) is 1.73. The molecule has 1 unspecified atom stereocenters. The zero-order chi connectivity index (χ0) is 13.5. The topological polar surface area (TPSA) is 64.7 Å². The lowest BCUT2D eigenvalue weighted by Crippen LogP contribution is -2.20. The Balaban J connectivity index is 2.98. The highest BCUT2D eigenvalue weighted by atomic mass is 79.9. The number of benzene rings is 1. The van der Waals surface area contributed by atoms with Crippen LogP contribution < -0.4 is 15.2 Å². The molecule has 4 nitrogen and oxygen atoms in total. The monoisotopic (exact) mass is 317 g/mol. The van der Waals surface area contributed by atoms with Gasteiger partial charge in [0, 0.05) is 6.61 Å². The van der Waals surface area contributed by atoms with Crippen LogP contribution in [0.1, 0.15) is 12.5 Å². The van der Waals surface area contributed by atoms with Crippen molar-refractivity contribution < 1.29 is 14.6 Å². The first-order valence-corrected chi connectivity index (χ1v) is 6.75. The van der Waals surface area contributed by atoms with Crippen molar-refractivity contribution in [3.05, 3.63) is 22.2 Å². The van der Waals surface area contributed by atoms with Crippen molar-refractivity contribution in [3.63, 3.8) is 0 Å². The third-order valence-corrected chi connectivity index (χ3v) is 3.28. The third-order valence-electron chi connectivity index (χ3n) is 2.69. The van der Waals surface area contributed by atoms with Gasteiger partial charge in [0.1, 0.15) is 0 Å². The van der Waals surface area contributed by atoms with Gasteiger partial charge < -0.3 is 20.3 Å². The van der Waals surface area contributed by atoms with E-state index in [0.717, 1.165) is 10.0 Å². The van der Waals surface area contributed by atoms with Crippen LogP contribution in [0.25, 0.3) is 0 Å². The lowest BCUT2D eigenvalue weighted by atomic mass is 10.00. The molecule has 0 bridgehead atoms. The Morgan fingerprint density at radius 2 is 2.17 bits per heavy atom. The summed E-state index contributed by atoms with van der Waals surface area (Å²) in [7, 11) is 1.61. The van der Waals surface area contributed by atoms with Crippen molar-refractivity contribution >= 4 is 15.9 Å². The van der Waals surface area contributed by atoms with E-state index in [2.05, 4.69) is 15.9 Å². The summed E-state index contributed by atoms with van der Waals surface area (Å²) in [6, 6.07) is 3.90. The van der Waals surface area contributed by atoms with Gasteiger partial charge in [-0.1, -0.05) is 0 Å². The van der Waals surface area contributed by atoms with Crippen LogP contribution in [0.15, 0.2) is 16.6 Å². The molecule has 0 fully saturated rings. The lowest BCUT2D eigenvalue weighted by Gasteiger charge is -2.16. The van der Waals surface area contributed by atoms with E-state index in [1.807, 2.05) is 19.1 Å². The number of hydrogen-bond donors (Lipinski definition) is 2. The summed E-state index contributed by atoms with van der Waals surface area (Å²) in [6.45, 7) is 3.06. The molecule has 18 heavy (non-hydrogen) atoms.